The second kappa shape index (κ2) is 32.0. The number of unbranched alkanes of at least 4 members (excludes halogenated alkanes) is 22. The third-order valence-corrected chi connectivity index (χ3v) is 8.64. The number of phosphoric ester groups is 1. The summed E-state index contributed by atoms with van der Waals surface area (Å²) < 4.78 is 15.8. The number of phosphoric acid groups is 1. The molecule has 0 aromatic carbocycles. The standard InChI is InChI=1S/C36H70NO6P/c1-3-5-7-9-11-13-15-17-18-20-22-24-26-28-30-32-36(39)37-34(33-43-44(40,41)42)35(38)31-29-27-25-23-21-19-16-14-12-10-8-6-4-2/h17-18,29,31,34-35,38H,3-16,19-28,30,32-33H2,1-2H3,(H,37,39)(H2,40,41,42)/b18-17-,31-29+/t34-,35+/m0/s1. The molecule has 2 atom stereocenters. The van der Waals surface area contributed by atoms with E-state index in [1.165, 1.54) is 109 Å². The average Bonchev–Trinajstić information content (AvgIpc) is 2.99. The molecule has 0 aliphatic rings. The van der Waals surface area contributed by atoms with E-state index < -0.39 is 26.6 Å². The van der Waals surface area contributed by atoms with Gasteiger partial charge in [-0.3, -0.25) is 9.32 Å². The first kappa shape index (κ1) is 43.0. The van der Waals surface area contributed by atoms with Gasteiger partial charge in [0.1, 0.15) is 0 Å². The van der Waals surface area contributed by atoms with Crippen LogP contribution < -0.4 is 5.32 Å². The van der Waals surface area contributed by atoms with Crippen LogP contribution in [0.15, 0.2) is 24.3 Å². The molecule has 0 rings (SSSR count). The second-order valence-corrected chi connectivity index (χ2v) is 13.8. The zero-order valence-electron chi connectivity index (χ0n) is 28.6. The monoisotopic (exact) mass is 643 g/mol. The largest absolute Gasteiger partial charge is 0.469 e. The molecule has 260 valence electrons. The van der Waals surface area contributed by atoms with Crippen LogP contribution in [0.4, 0.5) is 0 Å². The van der Waals surface area contributed by atoms with Gasteiger partial charge in [-0.1, -0.05) is 154 Å². The van der Waals surface area contributed by atoms with Crippen molar-refractivity contribution >= 4 is 13.7 Å². The Morgan fingerprint density at radius 2 is 1.02 bits per heavy atom. The molecule has 0 aliphatic heterocycles. The molecule has 0 aromatic rings. The summed E-state index contributed by atoms with van der Waals surface area (Å²) in [6.07, 6.45) is 37.6. The Morgan fingerprint density at radius 1 is 0.636 bits per heavy atom. The van der Waals surface area contributed by atoms with Crippen LogP contribution in [-0.2, 0) is 13.9 Å². The van der Waals surface area contributed by atoms with Crippen molar-refractivity contribution in [2.45, 2.75) is 193 Å². The molecule has 0 saturated carbocycles. The van der Waals surface area contributed by atoms with E-state index in [4.69, 9.17) is 9.79 Å². The van der Waals surface area contributed by atoms with E-state index in [9.17, 15) is 14.5 Å². The quantitative estimate of drug-likeness (QED) is 0.0321. The average molecular weight is 644 g/mol. The lowest BCUT2D eigenvalue weighted by molar-refractivity contribution is -0.123. The number of rotatable bonds is 33. The zero-order chi connectivity index (χ0) is 32.6. The van der Waals surface area contributed by atoms with Gasteiger partial charge in [0, 0.05) is 6.42 Å². The summed E-state index contributed by atoms with van der Waals surface area (Å²) in [6, 6.07) is -0.910. The predicted octanol–water partition coefficient (Wildman–Crippen LogP) is 10.2. The molecule has 0 bridgehead atoms. The number of hydrogen-bond donors (Lipinski definition) is 4. The van der Waals surface area contributed by atoms with E-state index in [1.54, 1.807) is 6.08 Å². The third kappa shape index (κ3) is 32.4. The minimum absolute atomic E-state index is 0.236. The Balaban J connectivity index is 4.07. The van der Waals surface area contributed by atoms with Gasteiger partial charge in [0.15, 0.2) is 0 Å². The van der Waals surface area contributed by atoms with Crippen LogP contribution in [-0.4, -0.2) is 39.6 Å². The van der Waals surface area contributed by atoms with Gasteiger partial charge in [0.2, 0.25) is 5.91 Å². The maximum absolute atomic E-state index is 12.5. The van der Waals surface area contributed by atoms with Crippen molar-refractivity contribution in [1.82, 2.24) is 5.32 Å². The van der Waals surface area contributed by atoms with E-state index in [0.29, 0.717) is 6.42 Å². The molecule has 44 heavy (non-hydrogen) atoms. The zero-order valence-corrected chi connectivity index (χ0v) is 29.5. The maximum atomic E-state index is 12.5. The van der Waals surface area contributed by atoms with Gasteiger partial charge in [-0.15, -0.1) is 0 Å². The van der Waals surface area contributed by atoms with Gasteiger partial charge in [-0.05, 0) is 44.9 Å². The molecule has 0 unspecified atom stereocenters. The summed E-state index contributed by atoms with van der Waals surface area (Å²) in [5.41, 5.74) is 0. The Morgan fingerprint density at radius 3 is 1.45 bits per heavy atom. The van der Waals surface area contributed by atoms with Gasteiger partial charge in [-0.2, -0.15) is 0 Å². The smallest absolute Gasteiger partial charge is 0.387 e. The van der Waals surface area contributed by atoms with Crippen LogP contribution in [0.5, 0.6) is 0 Å². The molecule has 0 aliphatic carbocycles. The Kier molecular flexibility index (Phi) is 31.3. The lowest BCUT2D eigenvalue weighted by Crippen LogP contribution is -2.45. The summed E-state index contributed by atoms with van der Waals surface area (Å²) in [5.74, 6) is -0.236. The first-order chi connectivity index (χ1) is 21.3. The maximum Gasteiger partial charge on any atom is 0.469 e. The molecule has 4 N–H and O–H groups in total. The highest BCUT2D eigenvalue weighted by atomic mass is 31.2. The highest BCUT2D eigenvalue weighted by Crippen LogP contribution is 2.35. The summed E-state index contributed by atoms with van der Waals surface area (Å²) in [7, 11) is -4.71. The van der Waals surface area contributed by atoms with E-state index in [1.807, 2.05) is 6.08 Å². The SMILES string of the molecule is CCCCCCCC/C=C\CCCCCCCC(=O)N[C@@H](COP(=O)(O)O)[C@H](O)/C=C/CCCCCCCCCCCCC. The number of nitrogens with one attached hydrogen (secondary N) is 1. The fraction of sp³-hybridized carbons (Fsp3) is 0.861. The minimum Gasteiger partial charge on any atom is -0.387 e. The van der Waals surface area contributed by atoms with Crippen molar-refractivity contribution in [3.63, 3.8) is 0 Å². The minimum atomic E-state index is -4.71. The predicted molar refractivity (Wildman–Crippen MR) is 186 cm³/mol. The molecule has 8 heteroatoms. The highest BCUT2D eigenvalue weighted by molar-refractivity contribution is 7.46. The molecule has 0 radical (unpaired) electrons. The number of carbonyl (C=O) groups excluding carboxylic acids is 1. The fourth-order valence-corrected chi connectivity index (χ4v) is 5.69. The van der Waals surface area contributed by atoms with Gasteiger partial charge >= 0.3 is 7.82 Å². The number of aliphatic hydroxyl groups is 1. The van der Waals surface area contributed by atoms with Gasteiger partial charge in [-0.25, -0.2) is 4.57 Å². The molecular formula is C36H70NO6P. The van der Waals surface area contributed by atoms with Crippen molar-refractivity contribution in [1.29, 1.82) is 0 Å². The normalized spacial score (nSPS) is 13.7. The topological polar surface area (TPSA) is 116 Å². The van der Waals surface area contributed by atoms with E-state index >= 15 is 0 Å². The number of carbonyl (C=O) groups is 1. The molecule has 7 nitrogen and oxygen atoms in total. The third-order valence-electron chi connectivity index (χ3n) is 8.15. The van der Waals surface area contributed by atoms with E-state index in [2.05, 4.69) is 35.8 Å². The highest BCUT2D eigenvalue weighted by Gasteiger charge is 2.24. The van der Waals surface area contributed by atoms with Crippen molar-refractivity contribution in [2.75, 3.05) is 6.61 Å². The fourth-order valence-electron chi connectivity index (χ4n) is 5.33. The van der Waals surface area contributed by atoms with Crippen molar-refractivity contribution in [3.05, 3.63) is 24.3 Å². The molecular weight excluding hydrogens is 573 g/mol. The molecule has 0 aromatic heterocycles. The van der Waals surface area contributed by atoms with E-state index in [-0.39, 0.29) is 5.91 Å². The van der Waals surface area contributed by atoms with Crippen LogP contribution in [0.1, 0.15) is 181 Å². The van der Waals surface area contributed by atoms with Gasteiger partial charge < -0.3 is 20.2 Å². The van der Waals surface area contributed by atoms with Crippen molar-refractivity contribution < 1.29 is 28.8 Å². The van der Waals surface area contributed by atoms with Gasteiger partial charge in [0.05, 0.1) is 18.8 Å². The number of amides is 1. The molecule has 0 fully saturated rings. The number of hydrogen-bond acceptors (Lipinski definition) is 4. The van der Waals surface area contributed by atoms with Crippen molar-refractivity contribution in [3.8, 4) is 0 Å². The van der Waals surface area contributed by atoms with Crippen LogP contribution in [0.2, 0.25) is 0 Å². The first-order valence-corrected chi connectivity index (χ1v) is 19.8. The van der Waals surface area contributed by atoms with Crippen LogP contribution in [0, 0.1) is 0 Å². The van der Waals surface area contributed by atoms with Crippen LogP contribution >= 0.6 is 7.82 Å². The summed E-state index contributed by atoms with van der Waals surface area (Å²) in [6.45, 7) is 4.04. The summed E-state index contributed by atoms with van der Waals surface area (Å²) in [5, 5.41) is 13.3. The summed E-state index contributed by atoms with van der Waals surface area (Å²) >= 11 is 0. The Hall–Kier alpha value is -0.980. The Labute approximate surface area is 271 Å². The number of allylic oxidation sites excluding steroid dienone is 3. The second-order valence-electron chi connectivity index (χ2n) is 12.5. The van der Waals surface area contributed by atoms with Gasteiger partial charge in [0.25, 0.3) is 0 Å². The Bertz CT molecular complexity index is 738. The first-order valence-electron chi connectivity index (χ1n) is 18.3. The lowest BCUT2D eigenvalue weighted by Gasteiger charge is -2.22. The molecule has 0 spiro atoms. The van der Waals surface area contributed by atoms with Crippen LogP contribution in [0.3, 0.4) is 0 Å². The van der Waals surface area contributed by atoms with E-state index in [0.717, 1.165) is 51.4 Å². The molecule has 1 amide bonds. The van der Waals surface area contributed by atoms with Crippen LogP contribution in [0.25, 0.3) is 0 Å². The summed E-state index contributed by atoms with van der Waals surface area (Å²) in [4.78, 5) is 30.7. The molecule has 0 saturated heterocycles. The molecule has 0 heterocycles. The number of aliphatic hydroxyl groups excluding tert-OH is 1. The lowest BCUT2D eigenvalue weighted by atomic mass is 10.0. The van der Waals surface area contributed by atoms with Crippen molar-refractivity contribution in [2.24, 2.45) is 0 Å².